The van der Waals surface area contributed by atoms with Gasteiger partial charge in [-0.3, -0.25) is 0 Å². The molecule has 0 aromatic heterocycles. The van der Waals surface area contributed by atoms with Gasteiger partial charge in [-0.2, -0.15) is 23.8 Å². The summed E-state index contributed by atoms with van der Waals surface area (Å²) in [7, 11) is 0. The van der Waals surface area contributed by atoms with Crippen LogP contribution in [0, 0.1) is 6.07 Å². The summed E-state index contributed by atoms with van der Waals surface area (Å²) < 4.78 is 0. The number of hydrogen-bond acceptors (Lipinski definition) is 1. The summed E-state index contributed by atoms with van der Waals surface area (Å²) in [4.78, 5) is 2.33. The van der Waals surface area contributed by atoms with Crippen molar-refractivity contribution in [2.24, 2.45) is 0 Å². The molecule has 0 bridgehead atoms. The molecule has 0 aliphatic rings. The smallest absolute Gasteiger partial charge is 0.394 e. The van der Waals surface area contributed by atoms with Gasteiger partial charge in [-0.1, -0.05) is 26.5 Å². The summed E-state index contributed by atoms with van der Waals surface area (Å²) in [6.07, 6.45) is 0. The van der Waals surface area contributed by atoms with E-state index in [-0.39, 0.29) is 24.3 Å². The molecule has 0 amide bonds. The van der Waals surface area contributed by atoms with Crippen molar-refractivity contribution in [3.8, 4) is 0 Å². The Morgan fingerprint density at radius 2 is 1.69 bits per heavy atom. The summed E-state index contributed by atoms with van der Waals surface area (Å²) in [5, 5.41) is 0. The topological polar surface area (TPSA) is 3.24 Å². The molecule has 84 valence electrons. The average Bonchev–Trinajstić information content (AvgIpc) is 2.19. The van der Waals surface area contributed by atoms with Crippen LogP contribution >= 0.6 is 0 Å². The van der Waals surface area contributed by atoms with Crippen LogP contribution in [0.5, 0.6) is 0 Å². The Morgan fingerprint density at radius 1 is 1.12 bits per heavy atom. The molecule has 0 unspecified atom stereocenters. The van der Waals surface area contributed by atoms with Gasteiger partial charge in [0.05, 0.1) is 0 Å². The second-order valence-electron chi connectivity index (χ2n) is 4.87. The SMILES string of the molecule is CCN(CC)c1[c-]c(C(C)(C)C)ccc1.[Li+]. The van der Waals surface area contributed by atoms with E-state index < -0.39 is 0 Å². The molecule has 0 radical (unpaired) electrons. The molecule has 0 fully saturated rings. The molecule has 0 saturated heterocycles. The number of rotatable bonds is 3. The molecule has 1 aromatic carbocycles. The average molecular weight is 211 g/mol. The maximum atomic E-state index is 3.51. The van der Waals surface area contributed by atoms with Gasteiger partial charge in [0.1, 0.15) is 0 Å². The van der Waals surface area contributed by atoms with E-state index in [1.807, 2.05) is 0 Å². The first-order valence-corrected chi connectivity index (χ1v) is 5.76. The van der Waals surface area contributed by atoms with E-state index >= 15 is 0 Å². The van der Waals surface area contributed by atoms with Gasteiger partial charge in [-0.25, -0.2) is 0 Å². The van der Waals surface area contributed by atoms with Gasteiger partial charge in [0.2, 0.25) is 0 Å². The van der Waals surface area contributed by atoms with Crippen LogP contribution in [0.3, 0.4) is 0 Å². The van der Waals surface area contributed by atoms with E-state index in [1.165, 1.54) is 11.3 Å². The summed E-state index contributed by atoms with van der Waals surface area (Å²) in [6, 6.07) is 9.94. The Kier molecular flexibility index (Phi) is 6.22. The van der Waals surface area contributed by atoms with Crippen molar-refractivity contribution in [1.82, 2.24) is 0 Å². The third kappa shape index (κ3) is 3.89. The van der Waals surface area contributed by atoms with Gasteiger partial charge in [0, 0.05) is 13.1 Å². The van der Waals surface area contributed by atoms with Gasteiger partial charge < -0.3 is 4.90 Å². The summed E-state index contributed by atoms with van der Waals surface area (Å²) in [6.45, 7) is 13.1. The maximum absolute atomic E-state index is 3.51. The zero-order chi connectivity index (χ0) is 11.5. The van der Waals surface area contributed by atoms with Crippen LogP contribution in [-0.2, 0) is 5.41 Å². The van der Waals surface area contributed by atoms with Gasteiger partial charge in [0.15, 0.2) is 0 Å². The zero-order valence-electron chi connectivity index (χ0n) is 11.6. The first kappa shape index (κ1) is 15.6. The molecule has 0 saturated carbocycles. The number of nitrogens with zero attached hydrogens (tertiary/aromatic N) is 1. The predicted octanol–water partition coefficient (Wildman–Crippen LogP) is 0.634. The van der Waals surface area contributed by atoms with Crippen LogP contribution in [0.4, 0.5) is 5.69 Å². The minimum Gasteiger partial charge on any atom is -0.394 e. The molecule has 1 aromatic rings. The molecule has 1 rings (SSSR count). The minimum atomic E-state index is 0. The minimum absolute atomic E-state index is 0. The first-order chi connectivity index (χ1) is 6.99. The van der Waals surface area contributed by atoms with E-state index in [9.17, 15) is 0 Å². The molecule has 0 atom stereocenters. The van der Waals surface area contributed by atoms with Crippen LogP contribution in [0.1, 0.15) is 40.2 Å². The monoisotopic (exact) mass is 211 g/mol. The predicted molar refractivity (Wildman–Crippen MR) is 67.5 cm³/mol. The molecular formula is C14H22LiN. The van der Waals surface area contributed by atoms with Crippen molar-refractivity contribution in [3.63, 3.8) is 0 Å². The van der Waals surface area contributed by atoms with Crippen molar-refractivity contribution >= 4 is 5.69 Å². The van der Waals surface area contributed by atoms with Gasteiger partial charge >= 0.3 is 18.9 Å². The van der Waals surface area contributed by atoms with E-state index in [1.54, 1.807) is 0 Å². The first-order valence-electron chi connectivity index (χ1n) is 5.76. The Balaban J connectivity index is 0.00000225. The molecule has 1 nitrogen and oxygen atoms in total. The molecule has 0 N–H and O–H groups in total. The molecule has 16 heavy (non-hydrogen) atoms. The Morgan fingerprint density at radius 3 is 2.12 bits per heavy atom. The largest absolute Gasteiger partial charge is 1.00 e. The third-order valence-electron chi connectivity index (χ3n) is 2.69. The molecule has 0 aliphatic carbocycles. The fraction of sp³-hybridized carbons (Fsp3) is 0.571. The molecule has 2 heteroatoms. The summed E-state index contributed by atoms with van der Waals surface area (Å²) >= 11 is 0. The van der Waals surface area contributed by atoms with Gasteiger partial charge in [0.25, 0.3) is 0 Å². The fourth-order valence-electron chi connectivity index (χ4n) is 1.64. The Labute approximate surface area is 112 Å². The van der Waals surface area contributed by atoms with Crippen LogP contribution in [0.2, 0.25) is 0 Å². The summed E-state index contributed by atoms with van der Waals surface area (Å²) in [5.74, 6) is 0. The molecule has 0 aliphatic heterocycles. The van der Waals surface area contributed by atoms with Crippen LogP contribution in [0.25, 0.3) is 0 Å². The van der Waals surface area contributed by atoms with Crippen molar-refractivity contribution in [3.05, 3.63) is 29.8 Å². The van der Waals surface area contributed by atoms with Crippen molar-refractivity contribution in [2.75, 3.05) is 18.0 Å². The standard InChI is InChI=1S/C14H22N.Li/c1-6-15(7-2)13-10-8-9-12(11-13)14(3,4)5;/h8-10H,6-7H2,1-5H3;/q-1;+1. The van der Waals surface area contributed by atoms with Crippen LogP contribution in [0.15, 0.2) is 18.2 Å². The number of anilines is 1. The van der Waals surface area contributed by atoms with E-state index in [4.69, 9.17) is 0 Å². The number of benzene rings is 1. The van der Waals surface area contributed by atoms with Gasteiger partial charge in [-0.05, 0) is 19.3 Å². The maximum Gasteiger partial charge on any atom is 1.00 e. The Hall–Kier alpha value is -0.383. The normalized spacial score (nSPS) is 10.8. The van der Waals surface area contributed by atoms with Gasteiger partial charge in [-0.15, -0.1) is 6.07 Å². The van der Waals surface area contributed by atoms with Crippen molar-refractivity contribution in [1.29, 1.82) is 0 Å². The Bertz CT molecular complexity index is 311. The fourth-order valence-corrected chi connectivity index (χ4v) is 1.64. The van der Waals surface area contributed by atoms with E-state index in [2.05, 4.69) is 63.8 Å². The second kappa shape index (κ2) is 6.38. The number of hydrogen-bond donors (Lipinski definition) is 0. The second-order valence-corrected chi connectivity index (χ2v) is 4.87. The van der Waals surface area contributed by atoms with E-state index in [0.29, 0.717) is 0 Å². The van der Waals surface area contributed by atoms with E-state index in [0.717, 1.165) is 13.1 Å². The molecule has 0 heterocycles. The van der Waals surface area contributed by atoms with Crippen molar-refractivity contribution in [2.45, 2.75) is 40.0 Å². The van der Waals surface area contributed by atoms with Crippen LogP contribution in [-0.4, -0.2) is 13.1 Å². The summed E-state index contributed by atoms with van der Waals surface area (Å²) in [5.41, 5.74) is 2.68. The molecular weight excluding hydrogens is 189 g/mol. The van der Waals surface area contributed by atoms with Crippen LogP contribution < -0.4 is 23.8 Å². The zero-order valence-corrected chi connectivity index (χ0v) is 11.6. The van der Waals surface area contributed by atoms with Crippen molar-refractivity contribution < 1.29 is 18.9 Å². The quantitative estimate of drug-likeness (QED) is 0.524. The third-order valence-corrected chi connectivity index (χ3v) is 2.69. The molecule has 0 spiro atoms.